The lowest BCUT2D eigenvalue weighted by atomic mass is 10.1. The normalized spacial score (nSPS) is 13.3. The second-order valence-corrected chi connectivity index (χ2v) is 9.23. The third kappa shape index (κ3) is 5.13. The third-order valence-corrected chi connectivity index (χ3v) is 6.82. The minimum atomic E-state index is -0.321. The van der Waals surface area contributed by atoms with Crippen LogP contribution in [0.25, 0.3) is 22.4 Å². The van der Waals surface area contributed by atoms with Gasteiger partial charge >= 0.3 is 0 Å². The Morgan fingerprint density at radius 2 is 1.50 bits per heavy atom. The molecule has 9 nitrogen and oxygen atoms in total. The number of methoxy groups -OCH3 is 3. The number of aromatic amines is 1. The van der Waals surface area contributed by atoms with E-state index in [2.05, 4.69) is 20.6 Å². The van der Waals surface area contributed by atoms with E-state index in [1.807, 2.05) is 36.4 Å². The van der Waals surface area contributed by atoms with Gasteiger partial charge in [-0.3, -0.25) is 9.59 Å². The summed E-state index contributed by atoms with van der Waals surface area (Å²) in [7, 11) is 4.52. The zero-order valence-electron chi connectivity index (χ0n) is 21.6. The van der Waals surface area contributed by atoms with Gasteiger partial charge in [-0.15, -0.1) is 0 Å². The highest BCUT2D eigenvalue weighted by Crippen LogP contribution is 2.38. The van der Waals surface area contributed by atoms with Gasteiger partial charge in [-0.1, -0.05) is 12.8 Å². The summed E-state index contributed by atoms with van der Waals surface area (Å²) in [4.78, 5) is 33.4. The van der Waals surface area contributed by atoms with E-state index in [1.165, 1.54) is 21.3 Å². The molecule has 3 N–H and O–H groups in total. The van der Waals surface area contributed by atoms with E-state index in [0.29, 0.717) is 34.3 Å². The third-order valence-electron chi connectivity index (χ3n) is 6.82. The van der Waals surface area contributed by atoms with Crippen LogP contribution >= 0.6 is 0 Å². The molecule has 0 radical (unpaired) electrons. The zero-order valence-corrected chi connectivity index (χ0v) is 21.6. The molecule has 2 amide bonds. The Labute approximate surface area is 220 Å². The zero-order chi connectivity index (χ0) is 26.6. The van der Waals surface area contributed by atoms with Gasteiger partial charge < -0.3 is 29.8 Å². The fraction of sp³-hybridized carbons (Fsp3) is 0.276. The number of nitrogens with zero attached hydrogens (tertiary/aromatic N) is 1. The Kier molecular flexibility index (Phi) is 7.17. The maximum Gasteiger partial charge on any atom is 0.255 e. The molecule has 0 spiro atoms. The van der Waals surface area contributed by atoms with Crippen molar-refractivity contribution in [2.24, 2.45) is 5.92 Å². The molecule has 0 saturated heterocycles. The van der Waals surface area contributed by atoms with Gasteiger partial charge in [0.2, 0.25) is 11.7 Å². The molecule has 0 unspecified atom stereocenters. The number of carbonyl (C=O) groups is 2. The topological polar surface area (TPSA) is 115 Å². The SMILES string of the molecule is COc1cc(C(=O)Nc2ccc3nc(-c4ccc(NC(=O)C5CCCC5)cc4)[nH]c3c2)cc(OC)c1OC. The molecule has 4 aromatic rings. The number of rotatable bonds is 8. The maximum atomic E-state index is 13.0. The molecule has 0 bridgehead atoms. The van der Waals surface area contributed by atoms with Crippen LogP contribution in [-0.2, 0) is 4.79 Å². The number of carbonyl (C=O) groups excluding carboxylic acids is 2. The van der Waals surface area contributed by atoms with Gasteiger partial charge in [0.25, 0.3) is 5.91 Å². The lowest BCUT2D eigenvalue weighted by molar-refractivity contribution is -0.119. The van der Waals surface area contributed by atoms with Gasteiger partial charge in [-0.05, 0) is 67.4 Å². The van der Waals surface area contributed by atoms with Crippen molar-refractivity contribution in [1.82, 2.24) is 9.97 Å². The second kappa shape index (κ2) is 10.8. The number of aromatic nitrogens is 2. The van der Waals surface area contributed by atoms with E-state index < -0.39 is 0 Å². The van der Waals surface area contributed by atoms with Crippen LogP contribution in [0.4, 0.5) is 11.4 Å². The van der Waals surface area contributed by atoms with Crippen LogP contribution in [0.15, 0.2) is 54.6 Å². The summed E-state index contributed by atoms with van der Waals surface area (Å²) in [6.07, 6.45) is 4.18. The van der Waals surface area contributed by atoms with Gasteiger partial charge in [-0.2, -0.15) is 0 Å². The Morgan fingerprint density at radius 3 is 2.13 bits per heavy atom. The fourth-order valence-electron chi connectivity index (χ4n) is 4.78. The summed E-state index contributed by atoms with van der Waals surface area (Å²) in [5, 5.41) is 5.93. The van der Waals surface area contributed by atoms with Crippen molar-refractivity contribution in [3.05, 3.63) is 60.2 Å². The molecular weight excluding hydrogens is 484 g/mol. The predicted molar refractivity (Wildman–Crippen MR) is 146 cm³/mol. The Morgan fingerprint density at radius 1 is 0.842 bits per heavy atom. The Bertz CT molecular complexity index is 1450. The summed E-state index contributed by atoms with van der Waals surface area (Å²) in [5.74, 6) is 1.81. The molecule has 196 valence electrons. The molecular formula is C29H30N4O5. The predicted octanol–water partition coefficient (Wildman–Crippen LogP) is 5.64. The van der Waals surface area contributed by atoms with Crippen LogP contribution in [0.3, 0.4) is 0 Å². The van der Waals surface area contributed by atoms with Crippen LogP contribution < -0.4 is 24.8 Å². The van der Waals surface area contributed by atoms with Crippen LogP contribution in [-0.4, -0.2) is 43.1 Å². The number of benzene rings is 3. The van der Waals surface area contributed by atoms with E-state index in [0.717, 1.165) is 48.0 Å². The van der Waals surface area contributed by atoms with Crippen molar-refractivity contribution in [3.8, 4) is 28.6 Å². The number of amides is 2. The van der Waals surface area contributed by atoms with Crippen molar-refractivity contribution in [1.29, 1.82) is 0 Å². The summed E-state index contributed by atoms with van der Waals surface area (Å²) < 4.78 is 16.0. The van der Waals surface area contributed by atoms with Crippen molar-refractivity contribution >= 4 is 34.2 Å². The summed E-state index contributed by atoms with van der Waals surface area (Å²) >= 11 is 0. The number of fused-ring (bicyclic) bond motifs is 1. The monoisotopic (exact) mass is 514 g/mol. The van der Waals surface area contributed by atoms with Crippen LogP contribution in [0.2, 0.25) is 0 Å². The summed E-state index contributed by atoms with van der Waals surface area (Å²) in [5.41, 5.74) is 4.19. The molecule has 0 aliphatic heterocycles. The Balaban J connectivity index is 1.31. The fourth-order valence-corrected chi connectivity index (χ4v) is 4.78. The average Bonchev–Trinajstić information content (AvgIpc) is 3.63. The first-order valence-electron chi connectivity index (χ1n) is 12.5. The summed E-state index contributed by atoms with van der Waals surface area (Å²) in [6, 6.07) is 16.3. The van der Waals surface area contributed by atoms with Crippen molar-refractivity contribution in [2.45, 2.75) is 25.7 Å². The molecule has 1 saturated carbocycles. The smallest absolute Gasteiger partial charge is 0.255 e. The number of H-pyrrole nitrogens is 1. The molecule has 1 aromatic heterocycles. The van der Waals surface area contributed by atoms with E-state index >= 15 is 0 Å². The highest BCUT2D eigenvalue weighted by molar-refractivity contribution is 6.05. The molecule has 1 fully saturated rings. The molecule has 1 aliphatic carbocycles. The number of imidazole rings is 1. The Hall–Kier alpha value is -4.53. The van der Waals surface area contributed by atoms with E-state index in [9.17, 15) is 9.59 Å². The first-order chi connectivity index (χ1) is 18.5. The number of nitrogens with one attached hydrogen (secondary N) is 3. The van der Waals surface area contributed by atoms with E-state index in [-0.39, 0.29) is 17.7 Å². The number of hydrogen-bond donors (Lipinski definition) is 3. The van der Waals surface area contributed by atoms with E-state index in [1.54, 1.807) is 18.2 Å². The lowest BCUT2D eigenvalue weighted by Crippen LogP contribution is -2.20. The van der Waals surface area contributed by atoms with Crippen molar-refractivity contribution in [3.63, 3.8) is 0 Å². The largest absolute Gasteiger partial charge is 0.493 e. The highest BCUT2D eigenvalue weighted by Gasteiger charge is 2.22. The minimum absolute atomic E-state index is 0.0973. The number of anilines is 2. The van der Waals surface area contributed by atoms with Gasteiger partial charge in [0, 0.05) is 28.4 Å². The minimum Gasteiger partial charge on any atom is -0.493 e. The highest BCUT2D eigenvalue weighted by atomic mass is 16.5. The van der Waals surface area contributed by atoms with Crippen LogP contribution in [0.5, 0.6) is 17.2 Å². The molecule has 3 aromatic carbocycles. The van der Waals surface area contributed by atoms with Crippen molar-refractivity contribution in [2.75, 3.05) is 32.0 Å². The van der Waals surface area contributed by atoms with Gasteiger partial charge in [0.1, 0.15) is 5.82 Å². The molecule has 0 atom stereocenters. The lowest BCUT2D eigenvalue weighted by Gasteiger charge is -2.14. The van der Waals surface area contributed by atoms with Gasteiger partial charge in [0.15, 0.2) is 11.5 Å². The average molecular weight is 515 g/mol. The van der Waals surface area contributed by atoms with Crippen LogP contribution in [0, 0.1) is 5.92 Å². The second-order valence-electron chi connectivity index (χ2n) is 9.23. The van der Waals surface area contributed by atoms with E-state index in [4.69, 9.17) is 14.2 Å². The molecule has 1 aliphatic rings. The van der Waals surface area contributed by atoms with Gasteiger partial charge in [0.05, 0.1) is 32.4 Å². The summed E-state index contributed by atoms with van der Waals surface area (Å²) in [6.45, 7) is 0. The van der Waals surface area contributed by atoms with Crippen LogP contribution in [0.1, 0.15) is 36.0 Å². The molecule has 38 heavy (non-hydrogen) atoms. The number of ether oxygens (including phenoxy) is 3. The van der Waals surface area contributed by atoms with Gasteiger partial charge in [-0.25, -0.2) is 4.98 Å². The first kappa shape index (κ1) is 25.1. The maximum absolute atomic E-state index is 13.0. The molecule has 5 rings (SSSR count). The standard InChI is InChI=1S/C29H30N4O5/c1-36-24-14-19(15-25(37-2)26(24)38-3)29(35)31-21-12-13-22-23(16-21)33-27(32-22)17-8-10-20(11-9-17)30-28(34)18-6-4-5-7-18/h8-16,18H,4-7H2,1-3H3,(H,30,34)(H,31,35)(H,32,33). The van der Waals surface area contributed by atoms with Crippen molar-refractivity contribution < 1.29 is 23.8 Å². The first-order valence-corrected chi connectivity index (χ1v) is 12.5. The number of hydrogen-bond acceptors (Lipinski definition) is 6. The quantitative estimate of drug-likeness (QED) is 0.281. The molecule has 1 heterocycles. The molecule has 9 heteroatoms.